The molecule has 1 unspecified atom stereocenters. The molecule has 2 aromatic carbocycles. The summed E-state index contributed by atoms with van der Waals surface area (Å²) in [5.74, 6) is 0.165. The molecule has 6 nitrogen and oxygen atoms in total. The highest BCUT2D eigenvalue weighted by molar-refractivity contribution is 7.98. The van der Waals surface area contributed by atoms with Crippen LogP contribution in [0.15, 0.2) is 90.1 Å². The van der Waals surface area contributed by atoms with Crippen LogP contribution in [0.2, 0.25) is 0 Å². The molecule has 0 fully saturated rings. The summed E-state index contributed by atoms with van der Waals surface area (Å²) in [6.07, 6.45) is 4.09. The summed E-state index contributed by atoms with van der Waals surface area (Å²) in [6, 6.07) is 22.4. The van der Waals surface area contributed by atoms with Crippen molar-refractivity contribution in [3.63, 3.8) is 0 Å². The molecule has 1 N–H and O–H groups in total. The van der Waals surface area contributed by atoms with Gasteiger partial charge in [0.15, 0.2) is 0 Å². The summed E-state index contributed by atoms with van der Waals surface area (Å²) < 4.78 is 7.08. The number of thioether (sulfide) groups is 1. The minimum atomic E-state index is -0.457. The van der Waals surface area contributed by atoms with Crippen molar-refractivity contribution in [1.29, 1.82) is 0 Å². The second-order valence-corrected chi connectivity index (χ2v) is 8.51. The quantitative estimate of drug-likeness (QED) is 0.280. The molecule has 0 bridgehead atoms. The van der Waals surface area contributed by atoms with Gasteiger partial charge in [0.05, 0.1) is 24.8 Å². The van der Waals surface area contributed by atoms with Gasteiger partial charge in [-0.2, -0.15) is 0 Å². The molecule has 168 valence electrons. The van der Waals surface area contributed by atoms with Gasteiger partial charge in [-0.15, -0.1) is 11.8 Å². The summed E-state index contributed by atoms with van der Waals surface area (Å²) in [5.41, 5.74) is 3.32. The van der Waals surface area contributed by atoms with Gasteiger partial charge in [0, 0.05) is 28.6 Å². The Morgan fingerprint density at radius 3 is 2.52 bits per heavy atom. The van der Waals surface area contributed by atoms with Crippen molar-refractivity contribution in [2.45, 2.75) is 30.0 Å². The number of carbonyl (C=O) groups excluding carboxylic acids is 2. The molecule has 0 spiro atoms. The summed E-state index contributed by atoms with van der Waals surface area (Å²) in [4.78, 5) is 30.6. The third-order valence-corrected chi connectivity index (χ3v) is 6.15. The van der Waals surface area contributed by atoms with E-state index in [2.05, 4.69) is 10.3 Å². The lowest BCUT2D eigenvalue weighted by molar-refractivity contribution is -0.143. The number of nitrogens with one attached hydrogen (secondary N) is 1. The Hall–Kier alpha value is -3.58. The molecule has 2 heterocycles. The van der Waals surface area contributed by atoms with Crippen molar-refractivity contribution in [3.8, 4) is 0 Å². The molecular weight excluding hydrogens is 434 g/mol. The van der Waals surface area contributed by atoms with E-state index in [-0.39, 0.29) is 18.3 Å². The highest BCUT2D eigenvalue weighted by atomic mass is 32.2. The Balaban J connectivity index is 1.39. The number of hydrogen-bond acceptors (Lipinski definition) is 5. The van der Waals surface area contributed by atoms with Crippen molar-refractivity contribution >= 4 is 29.3 Å². The SMILES string of the molecule is CCOC(=O)CC(NC(=O)c1ccc(SCc2cn3ccccc3n2)cc1)c1ccccc1. The predicted octanol–water partition coefficient (Wildman–Crippen LogP) is 5.05. The number of ether oxygens (including phenoxy) is 1. The minimum Gasteiger partial charge on any atom is -0.466 e. The number of pyridine rings is 1. The average Bonchev–Trinajstić information content (AvgIpc) is 3.26. The Labute approximate surface area is 197 Å². The van der Waals surface area contributed by atoms with Gasteiger partial charge < -0.3 is 14.5 Å². The van der Waals surface area contributed by atoms with Crippen molar-refractivity contribution in [3.05, 3.63) is 102 Å². The molecule has 0 aliphatic carbocycles. The van der Waals surface area contributed by atoms with E-state index in [9.17, 15) is 9.59 Å². The third kappa shape index (κ3) is 6.02. The highest BCUT2D eigenvalue weighted by Gasteiger charge is 2.20. The van der Waals surface area contributed by atoms with E-state index in [0.29, 0.717) is 12.2 Å². The zero-order valence-corrected chi connectivity index (χ0v) is 19.1. The summed E-state index contributed by atoms with van der Waals surface area (Å²) in [7, 11) is 0. The number of hydrogen-bond donors (Lipinski definition) is 1. The molecule has 1 atom stereocenters. The molecule has 4 aromatic rings. The summed E-state index contributed by atoms with van der Waals surface area (Å²) in [5, 5.41) is 2.97. The first kappa shape index (κ1) is 22.6. The van der Waals surface area contributed by atoms with Crippen molar-refractivity contribution < 1.29 is 14.3 Å². The van der Waals surface area contributed by atoms with E-state index >= 15 is 0 Å². The van der Waals surface area contributed by atoms with Crippen LogP contribution in [-0.4, -0.2) is 27.9 Å². The lowest BCUT2D eigenvalue weighted by atomic mass is 10.0. The molecule has 2 aromatic heterocycles. The van der Waals surface area contributed by atoms with E-state index in [0.717, 1.165) is 27.6 Å². The van der Waals surface area contributed by atoms with Gasteiger partial charge in [-0.3, -0.25) is 9.59 Å². The van der Waals surface area contributed by atoms with E-state index in [1.54, 1.807) is 30.8 Å². The van der Waals surface area contributed by atoms with E-state index in [1.807, 2.05) is 77.5 Å². The Morgan fingerprint density at radius 2 is 1.79 bits per heavy atom. The number of rotatable bonds is 9. The average molecular weight is 460 g/mol. The first-order valence-electron chi connectivity index (χ1n) is 10.8. The van der Waals surface area contributed by atoms with Crippen molar-refractivity contribution in [2.75, 3.05) is 6.61 Å². The second kappa shape index (κ2) is 10.8. The Bertz CT molecular complexity index is 1190. The van der Waals surface area contributed by atoms with Gasteiger partial charge in [-0.25, -0.2) is 4.98 Å². The molecule has 1 amide bonds. The monoisotopic (exact) mass is 459 g/mol. The van der Waals surface area contributed by atoms with Crippen LogP contribution in [0.25, 0.3) is 5.65 Å². The van der Waals surface area contributed by atoms with E-state index in [1.165, 1.54) is 0 Å². The number of aromatic nitrogens is 2. The largest absolute Gasteiger partial charge is 0.466 e. The number of benzene rings is 2. The molecule has 0 radical (unpaired) electrons. The molecule has 0 aliphatic heterocycles. The molecular formula is C26H25N3O3S. The number of esters is 1. The van der Waals surface area contributed by atoms with Crippen LogP contribution in [0.5, 0.6) is 0 Å². The standard InChI is InChI=1S/C26H25N3O3S/c1-2-32-25(30)16-23(19-8-4-3-5-9-19)28-26(31)20-11-13-22(14-12-20)33-18-21-17-29-15-7-6-10-24(29)27-21/h3-15,17,23H,2,16,18H2,1H3,(H,28,31). The molecule has 4 rings (SSSR count). The lowest BCUT2D eigenvalue weighted by Crippen LogP contribution is -2.30. The molecule has 0 aliphatic rings. The Kier molecular flexibility index (Phi) is 7.42. The number of fused-ring (bicyclic) bond motifs is 1. The molecule has 0 saturated carbocycles. The fourth-order valence-corrected chi connectivity index (χ4v) is 4.26. The number of imidazole rings is 1. The fourth-order valence-electron chi connectivity index (χ4n) is 3.48. The second-order valence-electron chi connectivity index (χ2n) is 7.46. The first-order valence-corrected chi connectivity index (χ1v) is 11.8. The minimum absolute atomic E-state index is 0.0799. The molecule has 33 heavy (non-hydrogen) atoms. The first-order chi connectivity index (χ1) is 16.1. The van der Waals surface area contributed by atoms with Crippen LogP contribution in [0.1, 0.15) is 41.0 Å². The van der Waals surface area contributed by atoms with Gasteiger partial charge in [-0.05, 0) is 48.9 Å². The zero-order valence-electron chi connectivity index (χ0n) is 18.3. The van der Waals surface area contributed by atoms with Crippen LogP contribution in [0.3, 0.4) is 0 Å². The van der Waals surface area contributed by atoms with Crippen molar-refractivity contribution in [1.82, 2.24) is 14.7 Å². The molecule has 7 heteroatoms. The number of carbonyl (C=O) groups is 2. The van der Waals surface area contributed by atoms with Crippen LogP contribution in [0.4, 0.5) is 0 Å². The van der Waals surface area contributed by atoms with E-state index < -0.39 is 6.04 Å². The van der Waals surface area contributed by atoms with Crippen molar-refractivity contribution in [2.24, 2.45) is 0 Å². The van der Waals surface area contributed by atoms with Crippen LogP contribution in [0, 0.1) is 0 Å². The fraction of sp³-hybridized carbons (Fsp3) is 0.192. The zero-order chi connectivity index (χ0) is 23.0. The maximum atomic E-state index is 12.9. The van der Waals surface area contributed by atoms with Gasteiger partial charge in [-0.1, -0.05) is 36.4 Å². The van der Waals surface area contributed by atoms with Gasteiger partial charge >= 0.3 is 5.97 Å². The normalized spacial score (nSPS) is 11.8. The topological polar surface area (TPSA) is 72.7 Å². The third-order valence-electron chi connectivity index (χ3n) is 5.10. The lowest BCUT2D eigenvalue weighted by Gasteiger charge is -2.18. The number of amides is 1. The highest BCUT2D eigenvalue weighted by Crippen LogP contribution is 2.24. The number of nitrogens with zero attached hydrogens (tertiary/aromatic N) is 2. The maximum absolute atomic E-state index is 12.9. The predicted molar refractivity (Wildman–Crippen MR) is 129 cm³/mol. The van der Waals surface area contributed by atoms with Crippen LogP contribution >= 0.6 is 11.8 Å². The summed E-state index contributed by atoms with van der Waals surface area (Å²) in [6.45, 7) is 2.07. The van der Waals surface area contributed by atoms with Gasteiger partial charge in [0.2, 0.25) is 0 Å². The van der Waals surface area contributed by atoms with Gasteiger partial charge in [0.1, 0.15) is 5.65 Å². The van der Waals surface area contributed by atoms with Crippen LogP contribution < -0.4 is 5.32 Å². The van der Waals surface area contributed by atoms with E-state index in [4.69, 9.17) is 4.74 Å². The molecule has 0 saturated heterocycles. The maximum Gasteiger partial charge on any atom is 0.308 e. The summed E-state index contributed by atoms with van der Waals surface area (Å²) >= 11 is 1.67. The Morgan fingerprint density at radius 1 is 1.03 bits per heavy atom. The van der Waals surface area contributed by atoms with Gasteiger partial charge in [0.25, 0.3) is 5.91 Å². The van der Waals surface area contributed by atoms with Crippen LogP contribution in [-0.2, 0) is 15.3 Å². The smallest absolute Gasteiger partial charge is 0.308 e.